The summed E-state index contributed by atoms with van der Waals surface area (Å²) in [5.74, 6) is -0.452. The first-order valence-corrected chi connectivity index (χ1v) is 7.01. The quantitative estimate of drug-likeness (QED) is 0.742. The maximum atomic E-state index is 12.8. The van der Waals surface area contributed by atoms with Gasteiger partial charge < -0.3 is 10.1 Å². The summed E-state index contributed by atoms with van der Waals surface area (Å²) in [5, 5.41) is 3.05. The molecule has 1 aromatic rings. The number of ether oxygens (including phenoxy) is 1. The van der Waals surface area contributed by atoms with Crippen LogP contribution >= 0.6 is 24.8 Å². The number of nitrogens with zero attached hydrogens (tertiary/aromatic N) is 1. The molecule has 1 fully saturated rings. The van der Waals surface area contributed by atoms with E-state index in [0.29, 0.717) is 31.7 Å². The second-order valence-corrected chi connectivity index (χ2v) is 5.24. The summed E-state index contributed by atoms with van der Waals surface area (Å²) in [6.45, 7) is 2.04. The molecule has 0 spiro atoms. The Balaban J connectivity index is 0.00000288. The van der Waals surface area contributed by atoms with Crippen molar-refractivity contribution in [3.05, 3.63) is 29.8 Å². The van der Waals surface area contributed by atoms with Crippen LogP contribution in [-0.4, -0.2) is 43.6 Å². The van der Waals surface area contributed by atoms with Gasteiger partial charge in [-0.3, -0.25) is 4.90 Å². The van der Waals surface area contributed by atoms with E-state index in [-0.39, 0.29) is 24.8 Å². The predicted octanol–water partition coefficient (Wildman–Crippen LogP) is 4.33. The molecule has 0 unspecified atom stereocenters. The highest BCUT2D eigenvalue weighted by Gasteiger charge is 2.36. The zero-order chi connectivity index (χ0) is 17.1. The van der Waals surface area contributed by atoms with Gasteiger partial charge in [-0.1, -0.05) is 12.1 Å². The van der Waals surface area contributed by atoms with Crippen LogP contribution in [0.15, 0.2) is 24.3 Å². The van der Waals surface area contributed by atoms with E-state index in [1.165, 1.54) is 12.1 Å². The van der Waals surface area contributed by atoms with Crippen LogP contribution in [0.25, 0.3) is 0 Å². The molecule has 0 aromatic heterocycles. The van der Waals surface area contributed by atoms with Crippen molar-refractivity contribution in [2.75, 3.05) is 26.2 Å². The Bertz CT molecular complexity index is 504. The van der Waals surface area contributed by atoms with Crippen molar-refractivity contribution >= 4 is 24.8 Å². The van der Waals surface area contributed by atoms with Crippen molar-refractivity contribution in [1.29, 1.82) is 0 Å². The van der Waals surface area contributed by atoms with Gasteiger partial charge in [0.1, 0.15) is 5.75 Å². The molecule has 1 N–H and O–H groups in total. The lowest BCUT2D eigenvalue weighted by Crippen LogP contribution is -2.46. The van der Waals surface area contributed by atoms with Crippen molar-refractivity contribution in [1.82, 2.24) is 10.2 Å². The van der Waals surface area contributed by atoms with E-state index in [2.05, 4.69) is 10.1 Å². The summed E-state index contributed by atoms with van der Waals surface area (Å²) in [6, 6.07) is 3.65. The van der Waals surface area contributed by atoms with E-state index in [1.54, 1.807) is 4.90 Å². The van der Waals surface area contributed by atoms with Crippen LogP contribution in [0.3, 0.4) is 0 Å². The summed E-state index contributed by atoms with van der Waals surface area (Å²) in [4.78, 5) is 1.68. The summed E-state index contributed by atoms with van der Waals surface area (Å²) < 4.78 is 78.6. The van der Waals surface area contributed by atoms with Gasteiger partial charge in [0.05, 0.1) is 6.42 Å². The lowest BCUT2D eigenvalue weighted by molar-refractivity contribution is -0.274. The van der Waals surface area contributed by atoms with Crippen LogP contribution in [0.4, 0.5) is 26.3 Å². The molecule has 1 aliphatic heterocycles. The van der Waals surface area contributed by atoms with Crippen molar-refractivity contribution < 1.29 is 31.1 Å². The summed E-state index contributed by atoms with van der Waals surface area (Å²) in [6.07, 6.45) is -10.2. The molecule has 0 amide bonds. The maximum Gasteiger partial charge on any atom is 0.573 e. The topological polar surface area (TPSA) is 24.5 Å². The normalized spacial score (nSPS) is 17.2. The number of hydrogen-bond acceptors (Lipinski definition) is 3. The fourth-order valence-electron chi connectivity index (χ4n) is 2.56. The van der Waals surface area contributed by atoms with Crippen LogP contribution in [-0.2, 0) is 0 Å². The van der Waals surface area contributed by atoms with Crippen LogP contribution in [0, 0.1) is 0 Å². The second kappa shape index (κ2) is 9.70. The van der Waals surface area contributed by atoms with Gasteiger partial charge in [0.2, 0.25) is 0 Å². The van der Waals surface area contributed by atoms with E-state index in [1.807, 2.05) is 0 Å². The Labute approximate surface area is 153 Å². The minimum absolute atomic E-state index is 0. The number of alkyl halides is 6. The van der Waals surface area contributed by atoms with Crippen LogP contribution in [0.2, 0.25) is 0 Å². The van der Waals surface area contributed by atoms with E-state index in [9.17, 15) is 26.3 Å². The summed E-state index contributed by atoms with van der Waals surface area (Å²) >= 11 is 0. The second-order valence-electron chi connectivity index (χ2n) is 5.24. The molecule has 1 heterocycles. The first kappa shape index (κ1) is 24.1. The number of piperazine rings is 1. The molecule has 1 aliphatic rings. The van der Waals surface area contributed by atoms with Crippen molar-refractivity contribution in [3.8, 4) is 5.75 Å². The molecule has 11 heteroatoms. The zero-order valence-electron chi connectivity index (χ0n) is 12.9. The molecule has 1 atom stereocenters. The van der Waals surface area contributed by atoms with Crippen molar-refractivity contribution in [3.63, 3.8) is 0 Å². The largest absolute Gasteiger partial charge is 0.573 e. The molecule has 0 saturated carbocycles. The van der Waals surface area contributed by atoms with E-state index in [0.717, 1.165) is 12.1 Å². The molecule has 0 aliphatic carbocycles. The first-order valence-electron chi connectivity index (χ1n) is 7.01. The molecule has 1 saturated heterocycles. The highest BCUT2D eigenvalue weighted by molar-refractivity contribution is 5.85. The lowest BCUT2D eigenvalue weighted by Gasteiger charge is -2.35. The van der Waals surface area contributed by atoms with Crippen molar-refractivity contribution in [2.24, 2.45) is 0 Å². The minimum Gasteiger partial charge on any atom is -0.406 e. The smallest absolute Gasteiger partial charge is 0.406 e. The van der Waals surface area contributed by atoms with Gasteiger partial charge in [-0.2, -0.15) is 13.2 Å². The molecule has 2 rings (SSSR count). The molecular formula is C14H18Cl2F6N2O. The fourth-order valence-corrected chi connectivity index (χ4v) is 2.56. The maximum absolute atomic E-state index is 12.8. The van der Waals surface area contributed by atoms with Crippen LogP contribution in [0.5, 0.6) is 5.75 Å². The molecule has 0 bridgehead atoms. The Morgan fingerprint density at radius 2 is 1.48 bits per heavy atom. The van der Waals surface area contributed by atoms with E-state index in [4.69, 9.17) is 0 Å². The Hall–Kier alpha value is -0.900. The van der Waals surface area contributed by atoms with Crippen molar-refractivity contribution in [2.45, 2.75) is 25.0 Å². The number of hydrogen-bond donors (Lipinski definition) is 1. The highest BCUT2D eigenvalue weighted by atomic mass is 35.5. The van der Waals surface area contributed by atoms with Gasteiger partial charge in [-0.05, 0) is 17.7 Å². The monoisotopic (exact) mass is 414 g/mol. The van der Waals surface area contributed by atoms with Crippen LogP contribution in [0.1, 0.15) is 18.0 Å². The molecule has 0 radical (unpaired) electrons. The van der Waals surface area contributed by atoms with E-state index < -0.39 is 30.8 Å². The van der Waals surface area contributed by atoms with Gasteiger partial charge in [-0.25, -0.2) is 0 Å². The number of benzene rings is 1. The molecule has 3 nitrogen and oxygen atoms in total. The number of nitrogens with one attached hydrogen (secondary N) is 1. The van der Waals surface area contributed by atoms with Gasteiger partial charge >= 0.3 is 12.5 Å². The average Bonchev–Trinajstić information content (AvgIpc) is 2.44. The Morgan fingerprint density at radius 3 is 1.92 bits per heavy atom. The Kier molecular flexibility index (Phi) is 9.35. The number of halogens is 8. The third-order valence-electron chi connectivity index (χ3n) is 3.52. The first-order chi connectivity index (χ1) is 10.6. The molecule has 25 heavy (non-hydrogen) atoms. The SMILES string of the molecule is Cl.Cl.FC(F)(F)C[C@@H](c1ccc(OC(F)(F)F)cc1)N1CCNCC1. The summed E-state index contributed by atoms with van der Waals surface area (Å²) in [5.41, 5.74) is 0.318. The average molecular weight is 415 g/mol. The van der Waals surface area contributed by atoms with Gasteiger partial charge in [0.25, 0.3) is 0 Å². The van der Waals surface area contributed by atoms with E-state index >= 15 is 0 Å². The molecular weight excluding hydrogens is 397 g/mol. The third kappa shape index (κ3) is 8.35. The van der Waals surface area contributed by atoms with Gasteiger partial charge in [0, 0.05) is 32.2 Å². The standard InChI is InChI=1S/C14H16F6N2O.2ClH/c15-13(16,17)9-12(22-7-5-21-6-8-22)10-1-3-11(4-2-10)23-14(18,19)20;;/h1-4,12,21H,5-9H2;2*1H/t12-;;/m0../s1. The zero-order valence-corrected chi connectivity index (χ0v) is 14.5. The van der Waals surface area contributed by atoms with Gasteiger partial charge in [-0.15, -0.1) is 38.0 Å². The third-order valence-corrected chi connectivity index (χ3v) is 3.52. The van der Waals surface area contributed by atoms with Crippen LogP contribution < -0.4 is 10.1 Å². The highest BCUT2D eigenvalue weighted by Crippen LogP contribution is 2.35. The molecule has 146 valence electrons. The number of rotatable bonds is 4. The lowest BCUT2D eigenvalue weighted by atomic mass is 10.0. The summed E-state index contributed by atoms with van der Waals surface area (Å²) in [7, 11) is 0. The fraction of sp³-hybridized carbons (Fsp3) is 0.571. The predicted molar refractivity (Wildman–Crippen MR) is 85.5 cm³/mol. The Morgan fingerprint density at radius 1 is 0.960 bits per heavy atom. The van der Waals surface area contributed by atoms with Gasteiger partial charge in [0.15, 0.2) is 0 Å². The molecule has 1 aromatic carbocycles. The minimum atomic E-state index is -4.83.